The lowest BCUT2D eigenvalue weighted by molar-refractivity contribution is 0.0264. The van der Waals surface area contributed by atoms with Gasteiger partial charge in [-0.3, -0.25) is 4.99 Å². The van der Waals surface area contributed by atoms with E-state index in [0.29, 0.717) is 6.10 Å². The molecule has 1 aliphatic heterocycles. The number of hydrogen-bond donors (Lipinski definition) is 1. The first-order chi connectivity index (χ1) is 11.6. The maximum absolute atomic E-state index is 5.75. The van der Waals surface area contributed by atoms with E-state index in [1.54, 1.807) is 0 Å². The minimum atomic E-state index is 0.421. The third-order valence-electron chi connectivity index (χ3n) is 4.62. The fourth-order valence-corrected chi connectivity index (χ4v) is 3.30. The summed E-state index contributed by atoms with van der Waals surface area (Å²) in [6.45, 7) is 13.2. The van der Waals surface area contributed by atoms with Gasteiger partial charge in [0.15, 0.2) is 5.96 Å². The number of piperidine rings is 1. The molecule has 0 amide bonds. The number of guanidine groups is 1. The van der Waals surface area contributed by atoms with Crippen LogP contribution in [0.3, 0.4) is 0 Å². The molecule has 0 bridgehead atoms. The third kappa shape index (κ3) is 5.52. The smallest absolute Gasteiger partial charge is 0.193 e. The van der Waals surface area contributed by atoms with Crippen LogP contribution in [0.15, 0.2) is 23.2 Å². The Balaban J connectivity index is 1.91. The summed E-state index contributed by atoms with van der Waals surface area (Å²) in [6.07, 6.45) is 3.60. The lowest BCUT2D eigenvalue weighted by Gasteiger charge is -2.34. The molecule has 1 heterocycles. The molecule has 24 heavy (non-hydrogen) atoms. The molecule has 134 valence electrons. The van der Waals surface area contributed by atoms with Gasteiger partial charge in [0, 0.05) is 32.8 Å². The van der Waals surface area contributed by atoms with Gasteiger partial charge in [0.25, 0.3) is 0 Å². The number of benzene rings is 1. The van der Waals surface area contributed by atoms with Crippen LogP contribution in [0.25, 0.3) is 0 Å². The normalized spacial score (nSPS) is 16.5. The quantitative estimate of drug-likeness (QED) is 0.642. The van der Waals surface area contributed by atoms with Gasteiger partial charge in [0.05, 0.1) is 6.10 Å². The van der Waals surface area contributed by atoms with Crippen molar-refractivity contribution < 1.29 is 4.74 Å². The summed E-state index contributed by atoms with van der Waals surface area (Å²) in [4.78, 5) is 7.23. The standard InChI is InChI=1S/C20H33N3O/c1-5-21-20(23-13-10-19(11-14-23)24-6-2)22-12-9-18-8-7-16(3)15-17(18)4/h7-8,15,19H,5-6,9-14H2,1-4H3,(H,21,22). The van der Waals surface area contributed by atoms with E-state index in [1.165, 1.54) is 16.7 Å². The Morgan fingerprint density at radius 3 is 2.62 bits per heavy atom. The van der Waals surface area contributed by atoms with Gasteiger partial charge in [-0.2, -0.15) is 0 Å². The molecule has 0 atom stereocenters. The highest BCUT2D eigenvalue weighted by Crippen LogP contribution is 2.14. The van der Waals surface area contributed by atoms with Gasteiger partial charge in [-0.1, -0.05) is 23.8 Å². The van der Waals surface area contributed by atoms with Gasteiger partial charge in [0.2, 0.25) is 0 Å². The van der Waals surface area contributed by atoms with Crippen molar-refractivity contribution in [2.24, 2.45) is 4.99 Å². The van der Waals surface area contributed by atoms with E-state index in [4.69, 9.17) is 9.73 Å². The van der Waals surface area contributed by atoms with Gasteiger partial charge in [-0.05, 0) is 58.1 Å². The Morgan fingerprint density at radius 2 is 2.00 bits per heavy atom. The van der Waals surface area contributed by atoms with Crippen molar-refractivity contribution in [2.45, 2.75) is 53.1 Å². The van der Waals surface area contributed by atoms with Gasteiger partial charge in [-0.15, -0.1) is 0 Å². The summed E-state index contributed by atoms with van der Waals surface area (Å²) in [5.74, 6) is 1.05. The van der Waals surface area contributed by atoms with Crippen LogP contribution in [0.2, 0.25) is 0 Å². The van der Waals surface area contributed by atoms with Crippen LogP contribution in [0.4, 0.5) is 0 Å². The van der Waals surface area contributed by atoms with E-state index < -0.39 is 0 Å². The van der Waals surface area contributed by atoms with E-state index in [1.807, 2.05) is 0 Å². The first-order valence-corrected chi connectivity index (χ1v) is 9.35. The lowest BCUT2D eigenvalue weighted by atomic mass is 10.0. The monoisotopic (exact) mass is 331 g/mol. The number of hydrogen-bond acceptors (Lipinski definition) is 2. The molecule has 2 rings (SSSR count). The van der Waals surface area contributed by atoms with Crippen LogP contribution in [0.5, 0.6) is 0 Å². The zero-order valence-corrected chi connectivity index (χ0v) is 15.8. The SMILES string of the molecule is CCNC(=NCCc1ccc(C)cc1C)N1CCC(OCC)CC1. The zero-order valence-electron chi connectivity index (χ0n) is 15.8. The lowest BCUT2D eigenvalue weighted by Crippen LogP contribution is -2.47. The summed E-state index contributed by atoms with van der Waals surface area (Å²) in [5, 5.41) is 3.44. The van der Waals surface area contributed by atoms with Gasteiger partial charge in [-0.25, -0.2) is 0 Å². The number of ether oxygens (including phenoxy) is 1. The van der Waals surface area contributed by atoms with Crippen LogP contribution >= 0.6 is 0 Å². The van der Waals surface area contributed by atoms with Crippen LogP contribution in [0, 0.1) is 13.8 Å². The summed E-state index contributed by atoms with van der Waals surface area (Å²) in [5.41, 5.74) is 4.09. The van der Waals surface area contributed by atoms with Gasteiger partial charge < -0.3 is 15.0 Å². The number of likely N-dealkylation sites (tertiary alicyclic amines) is 1. The maximum Gasteiger partial charge on any atom is 0.193 e. The molecule has 0 spiro atoms. The molecule has 1 aromatic rings. The van der Waals surface area contributed by atoms with Crippen LogP contribution in [-0.2, 0) is 11.2 Å². The second-order valence-electron chi connectivity index (χ2n) is 6.56. The number of aliphatic imine (C=N–C) groups is 1. The second-order valence-corrected chi connectivity index (χ2v) is 6.56. The molecular formula is C20H33N3O. The fourth-order valence-electron chi connectivity index (χ4n) is 3.30. The molecule has 1 N–H and O–H groups in total. The second kappa shape index (κ2) is 9.67. The molecule has 1 fully saturated rings. The maximum atomic E-state index is 5.75. The number of nitrogens with zero attached hydrogens (tertiary/aromatic N) is 2. The molecule has 0 radical (unpaired) electrons. The van der Waals surface area contributed by atoms with Crippen molar-refractivity contribution in [3.8, 4) is 0 Å². The van der Waals surface area contributed by atoms with Crippen LogP contribution < -0.4 is 5.32 Å². The highest BCUT2D eigenvalue weighted by atomic mass is 16.5. The van der Waals surface area contributed by atoms with Gasteiger partial charge >= 0.3 is 0 Å². The first-order valence-electron chi connectivity index (χ1n) is 9.35. The van der Waals surface area contributed by atoms with Crippen molar-refractivity contribution >= 4 is 5.96 Å². The predicted octanol–water partition coefficient (Wildman–Crippen LogP) is 3.31. The number of nitrogens with one attached hydrogen (secondary N) is 1. The highest BCUT2D eigenvalue weighted by molar-refractivity contribution is 5.80. The van der Waals surface area contributed by atoms with Crippen LogP contribution in [0.1, 0.15) is 43.4 Å². The summed E-state index contributed by atoms with van der Waals surface area (Å²) in [7, 11) is 0. The van der Waals surface area contributed by atoms with E-state index in [-0.39, 0.29) is 0 Å². The van der Waals surface area contributed by atoms with E-state index in [2.05, 4.69) is 56.1 Å². The van der Waals surface area contributed by atoms with Gasteiger partial charge in [0.1, 0.15) is 0 Å². The van der Waals surface area contributed by atoms with E-state index in [0.717, 1.165) is 58.0 Å². The third-order valence-corrected chi connectivity index (χ3v) is 4.62. The summed E-state index contributed by atoms with van der Waals surface area (Å²) >= 11 is 0. The molecule has 4 nitrogen and oxygen atoms in total. The van der Waals surface area contributed by atoms with Crippen LogP contribution in [-0.4, -0.2) is 49.7 Å². The Hall–Kier alpha value is -1.55. The topological polar surface area (TPSA) is 36.9 Å². The minimum absolute atomic E-state index is 0.421. The first kappa shape index (κ1) is 18.8. The average molecular weight is 332 g/mol. The van der Waals surface area contributed by atoms with Crippen molar-refractivity contribution in [1.29, 1.82) is 0 Å². The predicted molar refractivity (Wildman–Crippen MR) is 102 cm³/mol. The molecule has 0 aliphatic carbocycles. The highest BCUT2D eigenvalue weighted by Gasteiger charge is 2.21. The Labute approximate surface area is 147 Å². The number of aryl methyl sites for hydroxylation is 2. The fraction of sp³-hybridized carbons (Fsp3) is 0.650. The molecule has 0 saturated carbocycles. The van der Waals surface area contributed by atoms with Crippen molar-refractivity contribution in [3.05, 3.63) is 34.9 Å². The Bertz CT molecular complexity index is 534. The summed E-state index contributed by atoms with van der Waals surface area (Å²) < 4.78 is 5.75. The largest absolute Gasteiger partial charge is 0.378 e. The minimum Gasteiger partial charge on any atom is -0.378 e. The molecular weight excluding hydrogens is 298 g/mol. The zero-order chi connectivity index (χ0) is 17.4. The van der Waals surface area contributed by atoms with Crippen molar-refractivity contribution in [3.63, 3.8) is 0 Å². The van der Waals surface area contributed by atoms with Crippen molar-refractivity contribution in [2.75, 3.05) is 32.8 Å². The average Bonchev–Trinajstić information content (AvgIpc) is 2.57. The Morgan fingerprint density at radius 1 is 1.25 bits per heavy atom. The molecule has 1 aromatic carbocycles. The molecule has 1 aliphatic rings. The van der Waals surface area contributed by atoms with E-state index >= 15 is 0 Å². The summed E-state index contributed by atoms with van der Waals surface area (Å²) in [6, 6.07) is 6.68. The molecule has 0 unspecified atom stereocenters. The van der Waals surface area contributed by atoms with E-state index in [9.17, 15) is 0 Å². The molecule has 0 aromatic heterocycles. The molecule has 1 saturated heterocycles. The Kier molecular flexibility index (Phi) is 7.57. The number of rotatable bonds is 6. The van der Waals surface area contributed by atoms with Crippen molar-refractivity contribution in [1.82, 2.24) is 10.2 Å². The molecule has 4 heteroatoms.